The Labute approximate surface area is 168 Å². The highest BCUT2D eigenvalue weighted by Gasteiger charge is 2.68. The zero-order valence-corrected chi connectivity index (χ0v) is 17.8. The fourth-order valence-corrected chi connectivity index (χ4v) is 8.05. The van der Waals surface area contributed by atoms with Gasteiger partial charge in [-0.15, -0.1) is 0 Å². The number of carbonyl (C=O) groups excluding carboxylic acids is 2. The Balaban J connectivity index is 1.58. The van der Waals surface area contributed by atoms with E-state index in [1.165, 1.54) is 14.0 Å². The summed E-state index contributed by atoms with van der Waals surface area (Å²) in [5.74, 6) is 0.779. The SMILES string of the molecule is COC(=O)[C@@H]1CC[C@]2(O)[C@@H]3CC[C@@H]4C[C@H](OC(C)=O)CC[C@]4(C)[C@H]3CC[C@]12C. The van der Waals surface area contributed by atoms with Gasteiger partial charge in [0.05, 0.1) is 18.6 Å². The van der Waals surface area contributed by atoms with Crippen LogP contribution in [0.4, 0.5) is 0 Å². The predicted octanol–water partition coefficient (Wildman–Crippen LogP) is 3.86. The van der Waals surface area contributed by atoms with E-state index in [-0.39, 0.29) is 40.7 Å². The summed E-state index contributed by atoms with van der Waals surface area (Å²) in [6, 6.07) is 0. The minimum atomic E-state index is -0.768. The molecule has 0 heterocycles. The van der Waals surface area contributed by atoms with Crippen LogP contribution in [0.3, 0.4) is 0 Å². The molecule has 4 aliphatic rings. The van der Waals surface area contributed by atoms with Crippen molar-refractivity contribution in [3.63, 3.8) is 0 Å². The van der Waals surface area contributed by atoms with Crippen molar-refractivity contribution in [2.45, 2.75) is 90.3 Å². The van der Waals surface area contributed by atoms with Crippen LogP contribution in [-0.2, 0) is 19.1 Å². The van der Waals surface area contributed by atoms with Crippen LogP contribution in [0.1, 0.15) is 78.6 Å². The van der Waals surface area contributed by atoms with Crippen LogP contribution in [0.25, 0.3) is 0 Å². The van der Waals surface area contributed by atoms with E-state index in [0.29, 0.717) is 18.3 Å². The number of hydrogen-bond donors (Lipinski definition) is 1. The lowest BCUT2D eigenvalue weighted by Gasteiger charge is -2.63. The number of methoxy groups -OCH3 is 1. The molecule has 0 unspecified atom stereocenters. The van der Waals surface area contributed by atoms with Gasteiger partial charge in [-0.25, -0.2) is 0 Å². The van der Waals surface area contributed by atoms with Crippen molar-refractivity contribution in [2.24, 2.45) is 34.5 Å². The normalized spacial score (nSPS) is 50.1. The molecule has 0 spiro atoms. The summed E-state index contributed by atoms with van der Waals surface area (Å²) in [4.78, 5) is 23.8. The largest absolute Gasteiger partial charge is 0.469 e. The molecule has 0 saturated heterocycles. The molecule has 4 rings (SSSR count). The zero-order valence-electron chi connectivity index (χ0n) is 17.8. The van der Waals surface area contributed by atoms with Crippen molar-refractivity contribution in [1.29, 1.82) is 0 Å². The quantitative estimate of drug-likeness (QED) is 0.722. The number of aliphatic hydroxyl groups is 1. The number of hydrogen-bond acceptors (Lipinski definition) is 5. The number of esters is 2. The highest BCUT2D eigenvalue weighted by Crippen LogP contribution is 2.69. The Kier molecular flexibility index (Phi) is 4.84. The lowest BCUT2D eigenvalue weighted by Crippen LogP contribution is -2.62. The minimum absolute atomic E-state index is 0.0549. The van der Waals surface area contributed by atoms with Gasteiger partial charge >= 0.3 is 11.9 Å². The molecule has 4 aliphatic carbocycles. The van der Waals surface area contributed by atoms with E-state index in [1.807, 2.05) is 0 Å². The van der Waals surface area contributed by atoms with Gasteiger partial charge in [-0.05, 0) is 81.0 Å². The lowest BCUT2D eigenvalue weighted by molar-refractivity contribution is -0.214. The van der Waals surface area contributed by atoms with Gasteiger partial charge in [-0.2, -0.15) is 0 Å². The van der Waals surface area contributed by atoms with Gasteiger partial charge in [0, 0.05) is 12.3 Å². The highest BCUT2D eigenvalue weighted by molar-refractivity contribution is 5.74. The van der Waals surface area contributed by atoms with Crippen LogP contribution in [0.5, 0.6) is 0 Å². The smallest absolute Gasteiger partial charge is 0.309 e. The maximum absolute atomic E-state index is 12.4. The van der Waals surface area contributed by atoms with Gasteiger partial charge in [-0.1, -0.05) is 13.8 Å². The van der Waals surface area contributed by atoms with E-state index in [4.69, 9.17) is 9.47 Å². The van der Waals surface area contributed by atoms with Crippen molar-refractivity contribution in [2.75, 3.05) is 7.11 Å². The van der Waals surface area contributed by atoms with Crippen molar-refractivity contribution < 1.29 is 24.2 Å². The molecule has 28 heavy (non-hydrogen) atoms. The first-order chi connectivity index (χ1) is 13.2. The van der Waals surface area contributed by atoms with Crippen molar-refractivity contribution in [3.05, 3.63) is 0 Å². The summed E-state index contributed by atoms with van der Waals surface area (Å²) in [6.45, 7) is 6.04. The highest BCUT2D eigenvalue weighted by atomic mass is 16.5. The number of ether oxygens (including phenoxy) is 2. The molecule has 0 bridgehead atoms. The summed E-state index contributed by atoms with van der Waals surface area (Å²) >= 11 is 0. The van der Waals surface area contributed by atoms with Gasteiger partial charge in [0.25, 0.3) is 0 Å². The Morgan fingerprint density at radius 3 is 2.39 bits per heavy atom. The van der Waals surface area contributed by atoms with Gasteiger partial charge in [-0.3, -0.25) is 9.59 Å². The third-order valence-corrected chi connectivity index (χ3v) is 9.62. The van der Waals surface area contributed by atoms with Crippen molar-refractivity contribution >= 4 is 11.9 Å². The average molecular weight is 393 g/mol. The monoisotopic (exact) mass is 392 g/mol. The molecule has 158 valence electrons. The van der Waals surface area contributed by atoms with Crippen LogP contribution < -0.4 is 0 Å². The predicted molar refractivity (Wildman–Crippen MR) is 104 cm³/mol. The summed E-state index contributed by atoms with van der Waals surface area (Å²) in [5, 5.41) is 12.0. The molecule has 5 nitrogen and oxygen atoms in total. The molecule has 5 heteroatoms. The molecule has 4 saturated carbocycles. The second-order valence-electron chi connectivity index (χ2n) is 10.5. The van der Waals surface area contributed by atoms with Crippen LogP contribution in [0.2, 0.25) is 0 Å². The van der Waals surface area contributed by atoms with Crippen LogP contribution >= 0.6 is 0 Å². The fraction of sp³-hybridized carbons (Fsp3) is 0.913. The first-order valence-corrected chi connectivity index (χ1v) is 11.1. The molecule has 0 amide bonds. The van der Waals surface area contributed by atoms with Gasteiger partial charge in [0.15, 0.2) is 0 Å². The summed E-state index contributed by atoms with van der Waals surface area (Å²) < 4.78 is 10.6. The zero-order chi connectivity index (χ0) is 20.3. The van der Waals surface area contributed by atoms with Gasteiger partial charge < -0.3 is 14.6 Å². The molecule has 0 aromatic heterocycles. The first kappa shape index (κ1) is 20.2. The van der Waals surface area contributed by atoms with Gasteiger partial charge in [0.1, 0.15) is 6.10 Å². The van der Waals surface area contributed by atoms with E-state index in [0.717, 1.165) is 51.4 Å². The summed E-state index contributed by atoms with van der Waals surface area (Å²) in [6.07, 6.45) is 8.49. The Morgan fingerprint density at radius 1 is 0.964 bits per heavy atom. The van der Waals surface area contributed by atoms with E-state index in [9.17, 15) is 14.7 Å². The molecule has 4 fully saturated rings. The van der Waals surface area contributed by atoms with Crippen LogP contribution in [0.15, 0.2) is 0 Å². The van der Waals surface area contributed by atoms with E-state index in [1.54, 1.807) is 0 Å². The molecular formula is C23H36O5. The maximum atomic E-state index is 12.4. The van der Waals surface area contributed by atoms with E-state index in [2.05, 4.69) is 13.8 Å². The minimum Gasteiger partial charge on any atom is -0.469 e. The lowest BCUT2D eigenvalue weighted by atomic mass is 9.43. The fourth-order valence-electron chi connectivity index (χ4n) is 8.05. The second-order valence-corrected chi connectivity index (χ2v) is 10.5. The molecule has 8 atom stereocenters. The van der Waals surface area contributed by atoms with Crippen molar-refractivity contribution in [3.8, 4) is 0 Å². The number of rotatable bonds is 2. The second kappa shape index (κ2) is 6.72. The molecule has 0 aromatic rings. The maximum Gasteiger partial charge on any atom is 0.309 e. The van der Waals surface area contributed by atoms with Crippen LogP contribution in [-0.4, -0.2) is 35.9 Å². The number of fused-ring (bicyclic) bond motifs is 5. The molecule has 0 radical (unpaired) electrons. The average Bonchev–Trinajstić information content (AvgIpc) is 2.92. The molecule has 1 N–H and O–H groups in total. The Bertz CT molecular complexity index is 661. The third kappa shape index (κ3) is 2.68. The third-order valence-electron chi connectivity index (χ3n) is 9.62. The topological polar surface area (TPSA) is 72.8 Å². The summed E-state index contributed by atoms with van der Waals surface area (Å²) in [5.41, 5.74) is -0.950. The molecule has 0 aromatic carbocycles. The first-order valence-electron chi connectivity index (χ1n) is 11.1. The van der Waals surface area contributed by atoms with E-state index >= 15 is 0 Å². The van der Waals surface area contributed by atoms with E-state index < -0.39 is 5.60 Å². The van der Waals surface area contributed by atoms with Crippen molar-refractivity contribution in [1.82, 2.24) is 0 Å². The standard InChI is InChI=1S/C23H36O5/c1-14(24)28-16-7-10-21(2)15(13-16)5-6-18-17(21)8-11-22(3)19(20(25)27-4)9-12-23(18,22)26/h15-19,26H,5-13H2,1-4H3/t15-,16-,17+,18-,19+,21+,22-,23+/m1/s1. The molecular weight excluding hydrogens is 356 g/mol. The Morgan fingerprint density at radius 2 is 1.71 bits per heavy atom. The Hall–Kier alpha value is -1.10. The number of carbonyl (C=O) groups is 2. The van der Waals surface area contributed by atoms with Gasteiger partial charge in [0.2, 0.25) is 0 Å². The van der Waals surface area contributed by atoms with Crippen LogP contribution in [0, 0.1) is 34.5 Å². The molecule has 0 aliphatic heterocycles. The summed E-state index contributed by atoms with van der Waals surface area (Å²) in [7, 11) is 1.46.